The highest BCUT2D eigenvalue weighted by Gasteiger charge is 2.20. The van der Waals surface area contributed by atoms with Crippen molar-refractivity contribution in [1.29, 1.82) is 0 Å². The molecule has 0 saturated carbocycles. The highest BCUT2D eigenvalue weighted by molar-refractivity contribution is 9.10. The second kappa shape index (κ2) is 9.69. The molecule has 0 aliphatic heterocycles. The number of nitrogens with zero attached hydrogens (tertiary/aromatic N) is 1. The van der Waals surface area contributed by atoms with Crippen molar-refractivity contribution >= 4 is 37.5 Å². The zero-order chi connectivity index (χ0) is 22.8. The zero-order valence-electron chi connectivity index (χ0n) is 18.4. The summed E-state index contributed by atoms with van der Waals surface area (Å²) in [6.07, 6.45) is 6.81. The Morgan fingerprint density at radius 2 is 1.88 bits per heavy atom. The number of ether oxygens (including phenoxy) is 2. The maximum atomic E-state index is 13.1. The van der Waals surface area contributed by atoms with E-state index in [0.29, 0.717) is 23.9 Å². The minimum Gasteiger partial charge on any atom is -0.493 e. The molecule has 2 heterocycles. The van der Waals surface area contributed by atoms with E-state index in [1.165, 1.54) is 29.7 Å². The Morgan fingerprint density at radius 3 is 2.67 bits per heavy atom. The number of nitrogens with one attached hydrogen (secondary N) is 1. The molecular formula is C26H25BrN2O3S. The van der Waals surface area contributed by atoms with Crippen LogP contribution in [0.1, 0.15) is 41.7 Å². The molecule has 0 amide bonds. The molecule has 4 aromatic rings. The van der Waals surface area contributed by atoms with Crippen LogP contribution in [0.25, 0.3) is 21.6 Å². The third-order valence-corrected chi connectivity index (χ3v) is 7.83. The first-order valence-corrected chi connectivity index (χ1v) is 12.8. The van der Waals surface area contributed by atoms with Gasteiger partial charge in [0.05, 0.1) is 17.0 Å². The molecule has 0 bridgehead atoms. The third kappa shape index (κ3) is 4.57. The molecule has 0 spiro atoms. The van der Waals surface area contributed by atoms with E-state index in [0.717, 1.165) is 45.1 Å². The van der Waals surface area contributed by atoms with Crippen LogP contribution in [0.5, 0.6) is 11.5 Å². The molecule has 1 aliphatic rings. The number of aryl methyl sites for hydroxylation is 2. The van der Waals surface area contributed by atoms with Gasteiger partial charge in [-0.15, -0.1) is 11.3 Å². The van der Waals surface area contributed by atoms with Crippen molar-refractivity contribution in [2.24, 2.45) is 0 Å². The van der Waals surface area contributed by atoms with Crippen molar-refractivity contribution < 1.29 is 9.47 Å². The molecule has 1 N–H and O–H groups in total. The van der Waals surface area contributed by atoms with Crippen LogP contribution in [0.3, 0.4) is 0 Å². The largest absolute Gasteiger partial charge is 0.493 e. The van der Waals surface area contributed by atoms with Gasteiger partial charge in [-0.05, 0) is 64.9 Å². The van der Waals surface area contributed by atoms with Crippen molar-refractivity contribution in [2.75, 3.05) is 7.11 Å². The van der Waals surface area contributed by atoms with Crippen molar-refractivity contribution in [3.05, 3.63) is 73.3 Å². The number of aromatic amines is 1. The molecule has 2 aromatic carbocycles. The maximum absolute atomic E-state index is 13.1. The Labute approximate surface area is 204 Å². The molecule has 7 heteroatoms. The van der Waals surface area contributed by atoms with Gasteiger partial charge in [0.25, 0.3) is 5.56 Å². The number of rotatable bonds is 5. The van der Waals surface area contributed by atoms with Crippen molar-refractivity contribution in [1.82, 2.24) is 9.97 Å². The number of benzene rings is 2. The van der Waals surface area contributed by atoms with Gasteiger partial charge in [0, 0.05) is 10.4 Å². The topological polar surface area (TPSA) is 64.2 Å². The van der Waals surface area contributed by atoms with Crippen molar-refractivity contribution in [3.63, 3.8) is 0 Å². The fourth-order valence-corrected chi connectivity index (χ4v) is 6.20. The highest BCUT2D eigenvalue weighted by Crippen LogP contribution is 2.40. The van der Waals surface area contributed by atoms with Gasteiger partial charge in [0.15, 0.2) is 11.5 Å². The van der Waals surface area contributed by atoms with Gasteiger partial charge in [-0.3, -0.25) is 4.79 Å². The number of hydrogen-bond acceptors (Lipinski definition) is 5. The average Bonchev–Trinajstić information content (AvgIpc) is 3.15. The van der Waals surface area contributed by atoms with Crippen molar-refractivity contribution in [2.45, 2.75) is 45.1 Å². The van der Waals surface area contributed by atoms with E-state index in [-0.39, 0.29) is 5.56 Å². The summed E-state index contributed by atoms with van der Waals surface area (Å²) >= 11 is 5.29. The first kappa shape index (κ1) is 22.2. The third-order valence-electron chi connectivity index (χ3n) is 6.05. The summed E-state index contributed by atoms with van der Waals surface area (Å²) in [4.78, 5) is 23.1. The summed E-state index contributed by atoms with van der Waals surface area (Å²) in [6.45, 7) is 0.428. The van der Waals surface area contributed by atoms with Gasteiger partial charge in [-0.25, -0.2) is 4.98 Å². The molecular weight excluding hydrogens is 500 g/mol. The number of aromatic nitrogens is 2. The smallest absolute Gasteiger partial charge is 0.260 e. The van der Waals surface area contributed by atoms with E-state index < -0.39 is 0 Å². The Balaban J connectivity index is 1.51. The monoisotopic (exact) mass is 524 g/mol. The summed E-state index contributed by atoms with van der Waals surface area (Å²) in [6, 6.07) is 13.8. The minimum absolute atomic E-state index is 0.0624. The van der Waals surface area contributed by atoms with E-state index in [2.05, 4.69) is 20.9 Å². The normalized spacial score (nSPS) is 13.9. The quantitative estimate of drug-likeness (QED) is 0.317. The lowest BCUT2D eigenvalue weighted by Crippen LogP contribution is -2.10. The van der Waals surface area contributed by atoms with Gasteiger partial charge >= 0.3 is 0 Å². The van der Waals surface area contributed by atoms with E-state index in [1.807, 2.05) is 42.5 Å². The minimum atomic E-state index is -0.0624. The molecule has 33 heavy (non-hydrogen) atoms. The van der Waals surface area contributed by atoms with E-state index >= 15 is 0 Å². The van der Waals surface area contributed by atoms with Gasteiger partial charge in [-0.2, -0.15) is 0 Å². The Morgan fingerprint density at radius 1 is 1.09 bits per heavy atom. The number of thiophene rings is 1. The van der Waals surface area contributed by atoms with E-state index in [1.54, 1.807) is 18.4 Å². The second-order valence-electron chi connectivity index (χ2n) is 8.28. The van der Waals surface area contributed by atoms with Gasteiger partial charge in [0.1, 0.15) is 17.3 Å². The molecule has 0 saturated heterocycles. The zero-order valence-corrected chi connectivity index (χ0v) is 20.9. The van der Waals surface area contributed by atoms with Crippen LogP contribution in [0.4, 0.5) is 0 Å². The second-order valence-corrected chi connectivity index (χ2v) is 10.2. The van der Waals surface area contributed by atoms with Crippen LogP contribution in [-0.4, -0.2) is 17.1 Å². The number of halogens is 1. The lowest BCUT2D eigenvalue weighted by molar-refractivity contribution is 0.282. The predicted molar refractivity (Wildman–Crippen MR) is 137 cm³/mol. The summed E-state index contributed by atoms with van der Waals surface area (Å²) in [5.74, 6) is 1.74. The Bertz CT molecular complexity index is 1350. The van der Waals surface area contributed by atoms with Crippen molar-refractivity contribution in [3.8, 4) is 22.9 Å². The number of hydrogen-bond donors (Lipinski definition) is 1. The van der Waals surface area contributed by atoms with Crippen LogP contribution < -0.4 is 15.0 Å². The van der Waals surface area contributed by atoms with Crippen LogP contribution in [-0.2, 0) is 19.4 Å². The summed E-state index contributed by atoms with van der Waals surface area (Å²) in [5.41, 5.74) is 2.98. The SMILES string of the molecule is COc1cc(-c2nc3sc4c(c3c(=O)[nH]2)CCCCCC4)cc(Br)c1OCc1ccccc1. The van der Waals surface area contributed by atoms with Crippen LogP contribution in [0.2, 0.25) is 0 Å². The molecule has 170 valence electrons. The summed E-state index contributed by atoms with van der Waals surface area (Å²) < 4.78 is 12.4. The molecule has 0 unspecified atom stereocenters. The Hall–Kier alpha value is -2.64. The number of methoxy groups -OCH3 is 1. The van der Waals surface area contributed by atoms with Crippen LogP contribution >= 0.6 is 27.3 Å². The summed E-state index contributed by atoms with van der Waals surface area (Å²) in [7, 11) is 1.61. The first-order valence-electron chi connectivity index (χ1n) is 11.2. The molecule has 5 rings (SSSR count). The van der Waals surface area contributed by atoms with E-state index in [4.69, 9.17) is 14.5 Å². The average molecular weight is 525 g/mol. The molecule has 5 nitrogen and oxygen atoms in total. The lowest BCUT2D eigenvalue weighted by atomic mass is 9.98. The summed E-state index contributed by atoms with van der Waals surface area (Å²) in [5, 5.41) is 0.773. The molecule has 0 radical (unpaired) electrons. The van der Waals surface area contributed by atoms with E-state index in [9.17, 15) is 4.79 Å². The van der Waals surface area contributed by atoms with Gasteiger partial charge in [-0.1, -0.05) is 43.2 Å². The Kier molecular flexibility index (Phi) is 6.51. The highest BCUT2D eigenvalue weighted by atomic mass is 79.9. The lowest BCUT2D eigenvalue weighted by Gasteiger charge is -2.14. The van der Waals surface area contributed by atoms with Gasteiger partial charge < -0.3 is 14.5 Å². The maximum Gasteiger partial charge on any atom is 0.260 e. The fourth-order valence-electron chi connectivity index (χ4n) is 4.38. The van der Waals surface area contributed by atoms with Crippen LogP contribution in [0.15, 0.2) is 51.7 Å². The first-order chi connectivity index (χ1) is 16.1. The molecule has 1 aliphatic carbocycles. The molecule has 0 atom stereocenters. The van der Waals surface area contributed by atoms with Crippen LogP contribution in [0, 0.1) is 0 Å². The standard InChI is InChI=1S/C26H25BrN2O3S/c1-31-20-14-17(13-19(27)23(20)32-15-16-9-5-4-6-10-16)24-28-25(30)22-18-11-7-2-3-8-12-21(18)33-26(22)29-24/h4-6,9-10,13-14H,2-3,7-8,11-12,15H2,1H3,(H,28,29,30). The van der Waals surface area contributed by atoms with Gasteiger partial charge in [0.2, 0.25) is 0 Å². The molecule has 0 fully saturated rings. The number of fused-ring (bicyclic) bond motifs is 3. The predicted octanol–water partition coefficient (Wildman–Crippen LogP) is 6.66. The fraction of sp³-hybridized carbons (Fsp3) is 0.308. The molecule has 2 aromatic heterocycles. The number of H-pyrrole nitrogens is 1.